The van der Waals surface area contributed by atoms with E-state index in [0.717, 1.165) is 24.1 Å². The van der Waals surface area contributed by atoms with Crippen LogP contribution in [0.1, 0.15) is 58.7 Å². The highest BCUT2D eigenvalue weighted by Crippen LogP contribution is 2.28. The van der Waals surface area contributed by atoms with Crippen molar-refractivity contribution in [2.75, 3.05) is 0 Å². The van der Waals surface area contributed by atoms with Crippen LogP contribution in [-0.4, -0.2) is 15.8 Å². The molecule has 3 atom stereocenters. The maximum absolute atomic E-state index is 4.59. The van der Waals surface area contributed by atoms with Gasteiger partial charge in [0.1, 0.15) is 0 Å². The first-order valence-electron chi connectivity index (χ1n) is 7.33. The minimum atomic E-state index is 0.452. The lowest BCUT2D eigenvalue weighted by atomic mass is 9.80. The lowest BCUT2D eigenvalue weighted by Crippen LogP contribution is -2.38. The van der Waals surface area contributed by atoms with Crippen molar-refractivity contribution in [3.63, 3.8) is 0 Å². The zero-order chi connectivity index (χ0) is 13.1. The third-order valence-corrected chi connectivity index (χ3v) is 4.17. The van der Waals surface area contributed by atoms with E-state index in [9.17, 15) is 0 Å². The summed E-state index contributed by atoms with van der Waals surface area (Å²) in [6.07, 6.45) is 6.11. The van der Waals surface area contributed by atoms with Gasteiger partial charge in [-0.2, -0.15) is 5.10 Å². The second-order valence-corrected chi connectivity index (χ2v) is 6.26. The number of nitrogens with one attached hydrogen (secondary N) is 1. The minimum absolute atomic E-state index is 0.452. The van der Waals surface area contributed by atoms with Gasteiger partial charge in [-0.05, 0) is 51.0 Å². The minimum Gasteiger partial charge on any atom is -0.308 e. The van der Waals surface area contributed by atoms with Crippen LogP contribution in [0, 0.1) is 11.8 Å². The lowest BCUT2D eigenvalue weighted by Gasteiger charge is -2.33. The van der Waals surface area contributed by atoms with Gasteiger partial charge in [0.05, 0.1) is 5.69 Å². The highest BCUT2D eigenvalue weighted by molar-refractivity contribution is 4.99. The maximum atomic E-state index is 4.59. The Morgan fingerprint density at radius 3 is 2.78 bits per heavy atom. The van der Waals surface area contributed by atoms with Crippen LogP contribution in [0.25, 0.3) is 0 Å². The SMILES string of the molecule is CC1CCC(NCc2ccn(C(C)C)n2)C(C)C1. The smallest absolute Gasteiger partial charge is 0.0762 e. The largest absolute Gasteiger partial charge is 0.308 e. The van der Waals surface area contributed by atoms with Crippen LogP contribution in [0.15, 0.2) is 12.3 Å². The highest BCUT2D eigenvalue weighted by Gasteiger charge is 2.24. The Bertz CT molecular complexity index is 370. The second kappa shape index (κ2) is 5.87. The summed E-state index contributed by atoms with van der Waals surface area (Å²) in [6.45, 7) is 9.98. The molecule has 18 heavy (non-hydrogen) atoms. The van der Waals surface area contributed by atoms with Crippen molar-refractivity contribution in [3.05, 3.63) is 18.0 Å². The summed E-state index contributed by atoms with van der Waals surface area (Å²) >= 11 is 0. The molecule has 1 aliphatic rings. The number of hydrogen-bond acceptors (Lipinski definition) is 2. The van der Waals surface area contributed by atoms with Gasteiger partial charge in [-0.1, -0.05) is 13.8 Å². The molecule has 1 aromatic rings. The molecule has 3 unspecified atom stereocenters. The van der Waals surface area contributed by atoms with E-state index in [4.69, 9.17) is 0 Å². The van der Waals surface area contributed by atoms with Crippen molar-refractivity contribution in [2.24, 2.45) is 11.8 Å². The van der Waals surface area contributed by atoms with E-state index in [0.29, 0.717) is 12.1 Å². The highest BCUT2D eigenvalue weighted by atomic mass is 15.3. The van der Waals surface area contributed by atoms with E-state index in [2.05, 4.69) is 50.4 Å². The van der Waals surface area contributed by atoms with Crippen LogP contribution in [-0.2, 0) is 6.54 Å². The quantitative estimate of drug-likeness (QED) is 0.886. The molecule has 3 nitrogen and oxygen atoms in total. The van der Waals surface area contributed by atoms with Gasteiger partial charge in [0.25, 0.3) is 0 Å². The Labute approximate surface area is 111 Å². The van der Waals surface area contributed by atoms with Crippen molar-refractivity contribution in [1.29, 1.82) is 0 Å². The Balaban J connectivity index is 1.83. The van der Waals surface area contributed by atoms with E-state index in [1.807, 2.05) is 4.68 Å². The van der Waals surface area contributed by atoms with E-state index < -0.39 is 0 Å². The molecule has 0 bridgehead atoms. The van der Waals surface area contributed by atoms with Gasteiger partial charge < -0.3 is 5.32 Å². The van der Waals surface area contributed by atoms with Crippen molar-refractivity contribution in [2.45, 2.75) is 65.6 Å². The van der Waals surface area contributed by atoms with Gasteiger partial charge >= 0.3 is 0 Å². The zero-order valence-electron chi connectivity index (χ0n) is 12.2. The topological polar surface area (TPSA) is 29.9 Å². The van der Waals surface area contributed by atoms with Crippen LogP contribution in [0.4, 0.5) is 0 Å². The molecule has 2 rings (SSSR count). The summed E-state index contributed by atoms with van der Waals surface area (Å²) in [4.78, 5) is 0. The predicted molar refractivity (Wildman–Crippen MR) is 75.4 cm³/mol. The zero-order valence-corrected chi connectivity index (χ0v) is 12.2. The molecule has 1 N–H and O–H groups in total. The predicted octanol–water partition coefficient (Wildman–Crippen LogP) is 3.38. The monoisotopic (exact) mass is 249 g/mol. The summed E-state index contributed by atoms with van der Waals surface area (Å²) < 4.78 is 2.03. The third-order valence-electron chi connectivity index (χ3n) is 4.17. The van der Waals surface area contributed by atoms with Crippen molar-refractivity contribution in [1.82, 2.24) is 15.1 Å². The fourth-order valence-electron chi connectivity index (χ4n) is 2.96. The molecule has 0 aromatic carbocycles. The molecule has 3 heteroatoms. The Kier molecular flexibility index (Phi) is 4.44. The number of hydrogen-bond donors (Lipinski definition) is 1. The van der Waals surface area contributed by atoms with Gasteiger partial charge in [0.15, 0.2) is 0 Å². The van der Waals surface area contributed by atoms with Gasteiger partial charge in [-0.15, -0.1) is 0 Å². The average molecular weight is 249 g/mol. The molecule has 102 valence electrons. The van der Waals surface area contributed by atoms with Gasteiger partial charge in [-0.3, -0.25) is 4.68 Å². The molecule has 0 radical (unpaired) electrons. The fraction of sp³-hybridized carbons (Fsp3) is 0.800. The average Bonchev–Trinajstić information content (AvgIpc) is 2.76. The van der Waals surface area contributed by atoms with Crippen LogP contribution in [0.5, 0.6) is 0 Å². The molecule has 0 spiro atoms. The Morgan fingerprint density at radius 2 is 2.17 bits per heavy atom. The summed E-state index contributed by atoms with van der Waals surface area (Å²) in [5.74, 6) is 1.69. The molecule has 1 saturated carbocycles. The summed E-state index contributed by atoms with van der Waals surface area (Å²) in [5.41, 5.74) is 1.16. The van der Waals surface area contributed by atoms with E-state index in [-0.39, 0.29) is 0 Å². The van der Waals surface area contributed by atoms with Gasteiger partial charge in [0, 0.05) is 24.8 Å². The maximum Gasteiger partial charge on any atom is 0.0762 e. The van der Waals surface area contributed by atoms with Gasteiger partial charge in [0.2, 0.25) is 0 Å². The fourth-order valence-corrected chi connectivity index (χ4v) is 2.96. The standard InChI is InChI=1S/C15H27N3/c1-11(2)18-8-7-14(17-18)10-16-15-6-5-12(3)9-13(15)4/h7-8,11-13,15-16H,5-6,9-10H2,1-4H3. The number of nitrogens with zero attached hydrogens (tertiary/aromatic N) is 2. The molecule has 1 aliphatic carbocycles. The van der Waals surface area contributed by atoms with E-state index in [1.54, 1.807) is 0 Å². The first kappa shape index (κ1) is 13.6. The molecule has 1 aromatic heterocycles. The summed E-state index contributed by atoms with van der Waals surface area (Å²) in [6, 6.07) is 3.25. The number of aromatic nitrogens is 2. The van der Waals surface area contributed by atoms with E-state index in [1.165, 1.54) is 19.3 Å². The third kappa shape index (κ3) is 3.35. The lowest BCUT2D eigenvalue weighted by molar-refractivity contribution is 0.226. The molecule has 0 amide bonds. The Hall–Kier alpha value is -0.830. The second-order valence-electron chi connectivity index (χ2n) is 6.26. The van der Waals surface area contributed by atoms with Crippen LogP contribution < -0.4 is 5.32 Å². The van der Waals surface area contributed by atoms with Crippen LogP contribution in [0.2, 0.25) is 0 Å². The summed E-state index contributed by atoms with van der Waals surface area (Å²) in [7, 11) is 0. The van der Waals surface area contributed by atoms with E-state index >= 15 is 0 Å². The van der Waals surface area contributed by atoms with Crippen LogP contribution in [0.3, 0.4) is 0 Å². The molecule has 0 aliphatic heterocycles. The molecule has 1 fully saturated rings. The molecular weight excluding hydrogens is 222 g/mol. The van der Waals surface area contributed by atoms with Crippen molar-refractivity contribution >= 4 is 0 Å². The molecular formula is C15H27N3. The molecule has 1 heterocycles. The normalized spacial score (nSPS) is 28.8. The first-order chi connectivity index (χ1) is 8.56. The molecule has 0 saturated heterocycles. The van der Waals surface area contributed by atoms with Crippen molar-refractivity contribution in [3.8, 4) is 0 Å². The number of rotatable bonds is 4. The summed E-state index contributed by atoms with van der Waals surface area (Å²) in [5, 5.41) is 8.27. The Morgan fingerprint density at radius 1 is 1.39 bits per heavy atom. The van der Waals surface area contributed by atoms with Crippen LogP contribution >= 0.6 is 0 Å². The van der Waals surface area contributed by atoms with Gasteiger partial charge in [-0.25, -0.2) is 0 Å². The first-order valence-corrected chi connectivity index (χ1v) is 7.33. The van der Waals surface area contributed by atoms with Crippen molar-refractivity contribution < 1.29 is 0 Å².